The van der Waals surface area contributed by atoms with E-state index in [1.54, 1.807) is 23.1 Å². The van der Waals surface area contributed by atoms with E-state index in [-0.39, 0.29) is 28.4 Å². The van der Waals surface area contributed by atoms with E-state index in [0.717, 1.165) is 4.90 Å². The van der Waals surface area contributed by atoms with Gasteiger partial charge < -0.3 is 14.5 Å². The standard InChI is InChI=1S/C24H23N5O7/c1-15(30)26-9-11-27(12-10-26)21-8-5-18(29(34)35)13-16(21)14-20-22(31)25-24(33)28(23(20)32)17-3-6-19(36-2)7-4-17/h3-8,13-14H,9-12H2,1-2H3,(H,25,31,33)/b20-14-. The number of nitrogens with one attached hydrogen (secondary N) is 1. The smallest absolute Gasteiger partial charge is 0.335 e. The normalized spacial score (nSPS) is 17.3. The Labute approximate surface area is 205 Å². The van der Waals surface area contributed by atoms with Crippen LogP contribution in [0.2, 0.25) is 0 Å². The molecule has 0 unspecified atom stereocenters. The van der Waals surface area contributed by atoms with Gasteiger partial charge in [0.15, 0.2) is 0 Å². The molecule has 0 saturated carbocycles. The number of piperazine rings is 1. The fourth-order valence-corrected chi connectivity index (χ4v) is 4.10. The van der Waals surface area contributed by atoms with Crippen LogP contribution in [-0.4, -0.2) is 66.9 Å². The second-order valence-corrected chi connectivity index (χ2v) is 8.15. The molecule has 36 heavy (non-hydrogen) atoms. The first-order valence-electron chi connectivity index (χ1n) is 11.0. The minimum absolute atomic E-state index is 0.0477. The number of carbonyl (C=O) groups is 4. The van der Waals surface area contributed by atoms with Crippen molar-refractivity contribution < 1.29 is 28.8 Å². The Kier molecular flexibility index (Phi) is 6.68. The molecule has 2 aromatic carbocycles. The van der Waals surface area contributed by atoms with Crippen molar-refractivity contribution in [2.24, 2.45) is 0 Å². The summed E-state index contributed by atoms with van der Waals surface area (Å²) in [6.07, 6.45) is 1.25. The van der Waals surface area contributed by atoms with Crippen molar-refractivity contribution in [3.05, 3.63) is 63.7 Å². The summed E-state index contributed by atoms with van der Waals surface area (Å²) in [5.41, 5.74) is 0.471. The Bertz CT molecular complexity index is 1280. The Hall–Kier alpha value is -4.74. The largest absolute Gasteiger partial charge is 0.497 e. The van der Waals surface area contributed by atoms with Gasteiger partial charge in [-0.1, -0.05) is 0 Å². The summed E-state index contributed by atoms with van der Waals surface area (Å²) in [7, 11) is 1.48. The van der Waals surface area contributed by atoms with E-state index < -0.39 is 22.8 Å². The number of hydrogen-bond donors (Lipinski definition) is 1. The van der Waals surface area contributed by atoms with Gasteiger partial charge in [-0.3, -0.25) is 29.8 Å². The molecule has 0 aromatic heterocycles. The summed E-state index contributed by atoms with van der Waals surface area (Å²) in [5, 5.41) is 13.6. The van der Waals surface area contributed by atoms with E-state index >= 15 is 0 Å². The molecule has 0 aliphatic carbocycles. The van der Waals surface area contributed by atoms with Crippen LogP contribution in [-0.2, 0) is 14.4 Å². The van der Waals surface area contributed by atoms with E-state index in [0.29, 0.717) is 37.6 Å². The zero-order chi connectivity index (χ0) is 26.0. The van der Waals surface area contributed by atoms with Crippen molar-refractivity contribution in [3.63, 3.8) is 0 Å². The highest BCUT2D eigenvalue weighted by Crippen LogP contribution is 2.30. The number of non-ortho nitro benzene ring substituents is 1. The Morgan fingerprint density at radius 1 is 1.06 bits per heavy atom. The molecule has 2 fully saturated rings. The zero-order valence-corrected chi connectivity index (χ0v) is 19.6. The summed E-state index contributed by atoms with van der Waals surface area (Å²) in [6, 6.07) is 9.37. The molecule has 12 heteroatoms. The third kappa shape index (κ3) is 4.73. The van der Waals surface area contributed by atoms with Crippen molar-refractivity contribution in [2.45, 2.75) is 6.92 Å². The summed E-state index contributed by atoms with van der Waals surface area (Å²) >= 11 is 0. The van der Waals surface area contributed by atoms with Crippen LogP contribution in [0, 0.1) is 10.1 Å². The SMILES string of the molecule is COc1ccc(N2C(=O)NC(=O)/C(=C/c3cc([N+](=O)[O-])ccc3N3CCN(C(C)=O)CC3)C2=O)cc1. The first-order valence-corrected chi connectivity index (χ1v) is 11.0. The number of hydrogen-bond acceptors (Lipinski definition) is 8. The van der Waals surface area contributed by atoms with E-state index in [1.807, 2.05) is 4.90 Å². The molecule has 0 atom stereocenters. The zero-order valence-electron chi connectivity index (χ0n) is 19.6. The maximum absolute atomic E-state index is 13.3. The van der Waals surface area contributed by atoms with E-state index in [9.17, 15) is 29.3 Å². The van der Waals surface area contributed by atoms with Gasteiger partial charge in [0.25, 0.3) is 17.5 Å². The first-order chi connectivity index (χ1) is 17.2. The number of amides is 5. The molecule has 2 heterocycles. The fourth-order valence-electron chi connectivity index (χ4n) is 4.10. The van der Waals surface area contributed by atoms with Gasteiger partial charge in [0, 0.05) is 56.5 Å². The molecule has 5 amide bonds. The number of imide groups is 2. The number of urea groups is 1. The Balaban J connectivity index is 1.73. The Morgan fingerprint density at radius 3 is 2.31 bits per heavy atom. The van der Waals surface area contributed by atoms with Gasteiger partial charge in [-0.25, -0.2) is 9.69 Å². The molecule has 2 aromatic rings. The maximum Gasteiger partial charge on any atom is 0.335 e. The number of ether oxygens (including phenoxy) is 1. The predicted molar refractivity (Wildman–Crippen MR) is 130 cm³/mol. The van der Waals surface area contributed by atoms with Crippen LogP contribution >= 0.6 is 0 Å². The average Bonchev–Trinajstić information content (AvgIpc) is 2.86. The third-order valence-corrected chi connectivity index (χ3v) is 6.02. The number of methoxy groups -OCH3 is 1. The molecule has 4 rings (SSSR count). The van der Waals surface area contributed by atoms with Crippen molar-refractivity contribution in [1.29, 1.82) is 0 Å². The molecule has 0 radical (unpaired) electrons. The number of nitro groups is 1. The summed E-state index contributed by atoms with van der Waals surface area (Å²) in [5.74, 6) is -1.31. The molecule has 1 N–H and O–H groups in total. The number of barbiturate groups is 1. The lowest BCUT2D eigenvalue weighted by Crippen LogP contribution is -2.54. The first kappa shape index (κ1) is 24.4. The monoisotopic (exact) mass is 493 g/mol. The van der Waals surface area contributed by atoms with Crippen LogP contribution in [0.5, 0.6) is 5.75 Å². The molecule has 0 bridgehead atoms. The minimum atomic E-state index is -0.910. The van der Waals surface area contributed by atoms with Gasteiger partial charge >= 0.3 is 6.03 Å². The van der Waals surface area contributed by atoms with Gasteiger partial charge in [-0.05, 0) is 36.4 Å². The Morgan fingerprint density at radius 2 is 1.72 bits per heavy atom. The van der Waals surface area contributed by atoms with E-state index in [4.69, 9.17) is 4.74 Å². The molecule has 2 aliphatic rings. The molecule has 12 nitrogen and oxygen atoms in total. The fraction of sp³-hybridized carbons (Fsp3) is 0.250. The van der Waals surface area contributed by atoms with Crippen molar-refractivity contribution >= 4 is 46.9 Å². The lowest BCUT2D eigenvalue weighted by molar-refractivity contribution is -0.384. The average molecular weight is 493 g/mol. The van der Waals surface area contributed by atoms with Crippen LogP contribution in [0.4, 0.5) is 21.9 Å². The quantitative estimate of drug-likeness (QED) is 0.288. The van der Waals surface area contributed by atoms with Crippen molar-refractivity contribution in [2.75, 3.05) is 43.1 Å². The van der Waals surface area contributed by atoms with E-state index in [2.05, 4.69) is 5.32 Å². The number of rotatable bonds is 5. The van der Waals surface area contributed by atoms with Crippen molar-refractivity contribution in [1.82, 2.24) is 10.2 Å². The summed E-state index contributed by atoms with van der Waals surface area (Å²) in [6.45, 7) is 3.33. The molecular formula is C24H23N5O7. The summed E-state index contributed by atoms with van der Waals surface area (Å²) in [4.78, 5) is 65.4. The number of benzene rings is 2. The van der Waals surface area contributed by atoms with Gasteiger partial charge in [-0.2, -0.15) is 0 Å². The van der Waals surface area contributed by atoms with Crippen LogP contribution in [0.1, 0.15) is 12.5 Å². The lowest BCUT2D eigenvalue weighted by Gasteiger charge is -2.36. The molecule has 2 aliphatic heterocycles. The van der Waals surface area contributed by atoms with Crippen LogP contribution in [0.25, 0.3) is 6.08 Å². The van der Waals surface area contributed by atoms with Crippen LogP contribution < -0.4 is 19.9 Å². The second-order valence-electron chi connectivity index (χ2n) is 8.15. The molecule has 2 saturated heterocycles. The molecule has 0 spiro atoms. The van der Waals surface area contributed by atoms with Gasteiger partial charge in [0.1, 0.15) is 11.3 Å². The second kappa shape index (κ2) is 9.86. The number of nitrogens with zero attached hydrogens (tertiary/aromatic N) is 4. The highest BCUT2D eigenvalue weighted by molar-refractivity contribution is 6.39. The topological polar surface area (TPSA) is 142 Å². The highest BCUT2D eigenvalue weighted by atomic mass is 16.6. The predicted octanol–water partition coefficient (Wildman–Crippen LogP) is 1.94. The number of anilines is 2. The maximum atomic E-state index is 13.3. The van der Waals surface area contributed by atoms with Crippen LogP contribution in [0.3, 0.4) is 0 Å². The van der Waals surface area contributed by atoms with Gasteiger partial charge in [0.2, 0.25) is 5.91 Å². The molecular weight excluding hydrogens is 470 g/mol. The molecule has 186 valence electrons. The minimum Gasteiger partial charge on any atom is -0.497 e. The number of carbonyl (C=O) groups excluding carboxylic acids is 4. The number of nitro benzene ring substituents is 1. The lowest BCUT2D eigenvalue weighted by atomic mass is 10.0. The van der Waals surface area contributed by atoms with E-state index in [1.165, 1.54) is 44.4 Å². The van der Waals surface area contributed by atoms with Gasteiger partial charge in [-0.15, -0.1) is 0 Å². The van der Waals surface area contributed by atoms with Crippen LogP contribution in [0.15, 0.2) is 48.0 Å². The third-order valence-electron chi connectivity index (χ3n) is 6.02. The van der Waals surface area contributed by atoms with Crippen molar-refractivity contribution in [3.8, 4) is 5.75 Å². The summed E-state index contributed by atoms with van der Waals surface area (Å²) < 4.78 is 5.10. The van der Waals surface area contributed by atoms with Gasteiger partial charge in [0.05, 0.1) is 17.7 Å². The highest BCUT2D eigenvalue weighted by Gasteiger charge is 2.37.